The minimum atomic E-state index is -2.35. The van der Waals surface area contributed by atoms with Gasteiger partial charge in [0.15, 0.2) is 46.5 Å². The highest BCUT2D eigenvalue weighted by molar-refractivity contribution is 5.99. The first-order valence-electron chi connectivity index (χ1n) is 33.3. The van der Waals surface area contributed by atoms with E-state index in [4.69, 9.17) is 0 Å². The van der Waals surface area contributed by atoms with Crippen molar-refractivity contribution in [2.24, 2.45) is 0 Å². The molecular formula is C89H58F10N2. The minimum absolute atomic E-state index is 0.0147. The summed E-state index contributed by atoms with van der Waals surface area (Å²) in [5, 5.41) is 0. The van der Waals surface area contributed by atoms with Gasteiger partial charge in [-0.2, -0.15) is 0 Å². The maximum Gasteiger partial charge on any atom is 0.200 e. The van der Waals surface area contributed by atoms with Gasteiger partial charge in [0.05, 0.1) is 10.8 Å². The van der Waals surface area contributed by atoms with Crippen LogP contribution in [0.5, 0.6) is 0 Å². The number of hydrogen-bond acceptors (Lipinski definition) is 2. The third-order valence-electron chi connectivity index (χ3n) is 21.8. The maximum absolute atomic E-state index is 17.5. The first-order chi connectivity index (χ1) is 48.8. The number of hydrogen-bond donors (Lipinski definition) is 0. The van der Waals surface area contributed by atoms with E-state index in [0.717, 1.165) is 93.3 Å². The summed E-state index contributed by atoms with van der Waals surface area (Å²) in [6.07, 6.45) is 2.24. The Labute approximate surface area is 577 Å². The molecule has 0 saturated carbocycles. The second-order valence-electron chi connectivity index (χ2n) is 26.8. The van der Waals surface area contributed by atoms with Crippen LogP contribution in [-0.2, 0) is 16.2 Å². The minimum Gasteiger partial charge on any atom is -0.305 e. The number of aryl methyl sites for hydroxylation is 4. The van der Waals surface area contributed by atoms with Gasteiger partial charge < -0.3 is 9.80 Å². The highest BCUT2D eigenvalue weighted by atomic mass is 19.2. The third kappa shape index (κ3) is 8.48. The lowest BCUT2D eigenvalue weighted by atomic mass is 9.66. The summed E-state index contributed by atoms with van der Waals surface area (Å²) in [4.78, 5) is 2.14. The van der Waals surface area contributed by atoms with Gasteiger partial charge >= 0.3 is 0 Å². The largest absolute Gasteiger partial charge is 0.305 e. The van der Waals surface area contributed by atoms with Crippen molar-refractivity contribution in [2.75, 3.05) is 9.80 Å². The molecule has 3 unspecified atom stereocenters. The zero-order chi connectivity index (χ0) is 70.0. The molecule has 0 heterocycles. The van der Waals surface area contributed by atoms with Crippen molar-refractivity contribution < 1.29 is 43.9 Å². The van der Waals surface area contributed by atoms with Crippen molar-refractivity contribution in [1.82, 2.24) is 0 Å². The molecule has 1 spiro atoms. The Hall–Kier alpha value is -11.5. The number of anilines is 6. The molecule has 17 rings (SSSR count). The second-order valence-corrected chi connectivity index (χ2v) is 26.8. The van der Waals surface area contributed by atoms with Crippen LogP contribution in [-0.4, -0.2) is 0 Å². The quantitative estimate of drug-likeness (QED) is 0.0723. The molecule has 12 heteroatoms. The number of halogens is 10. The van der Waals surface area contributed by atoms with Crippen LogP contribution in [0.3, 0.4) is 0 Å². The normalized spacial score (nSPS) is 16.9. The fourth-order valence-electron chi connectivity index (χ4n) is 17.5. The lowest BCUT2D eigenvalue weighted by Gasteiger charge is -2.36. The number of nitrogens with zero attached hydrogens (tertiary/aromatic N) is 2. The van der Waals surface area contributed by atoms with Gasteiger partial charge in [-0.3, -0.25) is 0 Å². The van der Waals surface area contributed by atoms with Gasteiger partial charge in [-0.25, -0.2) is 43.9 Å². The Morgan fingerprint density at radius 3 is 1.02 bits per heavy atom. The first-order valence-corrected chi connectivity index (χ1v) is 33.3. The van der Waals surface area contributed by atoms with Crippen molar-refractivity contribution in [3.8, 4) is 44.5 Å². The number of benzene rings is 13. The molecule has 0 amide bonds. The van der Waals surface area contributed by atoms with E-state index in [-0.39, 0.29) is 22.7 Å². The van der Waals surface area contributed by atoms with Crippen LogP contribution >= 0.6 is 0 Å². The number of rotatable bonds is 11. The Kier molecular flexibility index (Phi) is 14.2. The third-order valence-corrected chi connectivity index (χ3v) is 21.8. The van der Waals surface area contributed by atoms with Gasteiger partial charge in [0.2, 0.25) is 11.6 Å². The summed E-state index contributed by atoms with van der Waals surface area (Å²) < 4.78 is 166. The first kappa shape index (κ1) is 63.0. The van der Waals surface area contributed by atoms with Crippen molar-refractivity contribution >= 4 is 40.2 Å². The number of fused-ring (bicyclic) bond motifs is 16. The van der Waals surface area contributed by atoms with E-state index in [1.165, 1.54) is 0 Å². The van der Waals surface area contributed by atoms with Gasteiger partial charge in [0.25, 0.3) is 0 Å². The van der Waals surface area contributed by atoms with Crippen LogP contribution in [0, 0.1) is 85.9 Å². The van der Waals surface area contributed by atoms with Gasteiger partial charge in [0, 0.05) is 28.2 Å². The molecule has 2 nitrogen and oxygen atoms in total. The van der Waals surface area contributed by atoms with Crippen LogP contribution in [0.4, 0.5) is 78.0 Å². The van der Waals surface area contributed by atoms with E-state index in [2.05, 4.69) is 31.7 Å². The maximum atomic E-state index is 17.5. The van der Waals surface area contributed by atoms with E-state index in [9.17, 15) is 0 Å². The van der Waals surface area contributed by atoms with E-state index in [1.54, 1.807) is 66.7 Å². The molecule has 0 radical (unpaired) electrons. The molecule has 3 atom stereocenters. The molecule has 0 aromatic heterocycles. The Morgan fingerprint density at radius 1 is 0.297 bits per heavy atom. The van der Waals surface area contributed by atoms with Crippen molar-refractivity contribution in [3.63, 3.8) is 0 Å². The highest BCUT2D eigenvalue weighted by Gasteiger charge is 2.54. The lowest BCUT2D eigenvalue weighted by Crippen LogP contribution is -2.30. The van der Waals surface area contributed by atoms with Gasteiger partial charge in [-0.05, 0) is 205 Å². The molecule has 0 bridgehead atoms. The van der Waals surface area contributed by atoms with E-state index < -0.39 is 85.8 Å². The molecular weight excluding hydrogens is 1290 g/mol. The summed E-state index contributed by atoms with van der Waals surface area (Å²) in [6.45, 7) is 14.1. The molecule has 4 aliphatic rings. The van der Waals surface area contributed by atoms with Crippen LogP contribution in [0.25, 0.3) is 50.6 Å². The van der Waals surface area contributed by atoms with E-state index in [0.29, 0.717) is 56.5 Å². The summed E-state index contributed by atoms with van der Waals surface area (Å²) in [6, 6.07) is 71.5. The summed E-state index contributed by atoms with van der Waals surface area (Å²) >= 11 is 0. The summed E-state index contributed by atoms with van der Waals surface area (Å²) in [5.74, 6) is -21.7. The predicted octanol–water partition coefficient (Wildman–Crippen LogP) is 24.3. The molecule has 494 valence electrons. The fourth-order valence-corrected chi connectivity index (χ4v) is 17.5. The topological polar surface area (TPSA) is 6.48 Å². The molecule has 101 heavy (non-hydrogen) atoms. The second kappa shape index (κ2) is 22.8. The average molecular weight is 1350 g/mol. The molecule has 0 N–H and O–H groups in total. The molecule has 13 aromatic carbocycles. The standard InChI is InChI=1S/C89H58F10N2/c1-7-51-29-31-52(32-30-51)88(70-42-48(4)26-28-50(70)6)66-22-14-10-18-58(66)62-38-34-54(44-72(62)88)101(86-83(98)79(94)76(91)80(95)84(86)99)56-36-40-64-60-20-12-16-24-68(60)89(74(64)46-56)67-23-15-11-19-59(67)63-39-35-55(45-73(63)89)100(85-81(96)77(92)75(90)78(93)82(85)97)53-33-37-61-57-17-9-13-21-65(57)87(8-2,71(61)43-53)69-41-47(3)25-27-49(69)5/h7,9-46H,1,8H2,2-6H3. The van der Waals surface area contributed by atoms with Crippen molar-refractivity contribution in [3.05, 3.63) is 384 Å². The monoisotopic (exact) mass is 1340 g/mol. The smallest absolute Gasteiger partial charge is 0.200 e. The van der Waals surface area contributed by atoms with Crippen LogP contribution in [0.15, 0.2) is 237 Å². The van der Waals surface area contributed by atoms with Crippen LogP contribution < -0.4 is 9.80 Å². The molecule has 13 aromatic rings. The zero-order valence-electron chi connectivity index (χ0n) is 55.1. The predicted molar refractivity (Wildman–Crippen MR) is 380 cm³/mol. The van der Waals surface area contributed by atoms with E-state index in [1.807, 2.05) is 179 Å². The van der Waals surface area contributed by atoms with Crippen molar-refractivity contribution in [1.29, 1.82) is 0 Å². The SMILES string of the molecule is C=Cc1ccc(C2(c3cc(C)ccc3C)c3ccccc3-c3ccc(N(c4ccc5c(c4)C4(c6ccccc6-c6ccc(N(c7ccc8c(c7)C(CC)(c7cc(C)ccc7C)c7ccccc7-8)c7c(F)c(F)c(F)c(F)c7F)cc64)c4ccccc4-5)c4c(F)c(F)c(F)c(F)c4F)cc32)cc1. The van der Waals surface area contributed by atoms with Crippen LogP contribution in [0.1, 0.15) is 102 Å². The Balaban J connectivity index is 0.932. The van der Waals surface area contributed by atoms with E-state index >= 15 is 43.9 Å². The summed E-state index contributed by atoms with van der Waals surface area (Å²) in [7, 11) is 0. The summed E-state index contributed by atoms with van der Waals surface area (Å²) in [5.41, 5.74) is 12.9. The van der Waals surface area contributed by atoms with Gasteiger partial charge in [-0.1, -0.05) is 213 Å². The lowest BCUT2D eigenvalue weighted by molar-refractivity contribution is 0.380. The Morgan fingerprint density at radius 2 is 0.614 bits per heavy atom. The molecule has 0 aliphatic heterocycles. The molecule has 0 saturated heterocycles. The Bertz CT molecular complexity index is 5710. The van der Waals surface area contributed by atoms with Gasteiger partial charge in [0.1, 0.15) is 11.4 Å². The highest BCUT2D eigenvalue weighted by Crippen LogP contribution is 2.66. The average Bonchev–Trinajstić information content (AvgIpc) is 1.51. The molecule has 4 aliphatic carbocycles. The van der Waals surface area contributed by atoms with Crippen molar-refractivity contribution in [2.45, 2.75) is 57.3 Å². The van der Waals surface area contributed by atoms with Gasteiger partial charge in [-0.15, -0.1) is 0 Å². The van der Waals surface area contributed by atoms with Crippen LogP contribution in [0.2, 0.25) is 0 Å². The zero-order valence-corrected chi connectivity index (χ0v) is 55.1. The molecule has 0 fully saturated rings. The fraction of sp³-hybridized carbons (Fsp3) is 0.101.